The number of aromatic nitrogens is 1. The lowest BCUT2D eigenvalue weighted by molar-refractivity contribution is -0.114. The first-order valence-corrected chi connectivity index (χ1v) is 11.3. The lowest BCUT2D eigenvalue weighted by Crippen LogP contribution is -2.40. The van der Waals surface area contributed by atoms with E-state index in [1.54, 1.807) is 25.4 Å². The van der Waals surface area contributed by atoms with Crippen molar-refractivity contribution in [3.05, 3.63) is 48.7 Å². The van der Waals surface area contributed by atoms with Crippen LogP contribution in [0, 0.1) is 0 Å². The Kier molecular flexibility index (Phi) is 6.82. The molecule has 8 heteroatoms. The highest BCUT2D eigenvalue weighted by Gasteiger charge is 2.25. The minimum atomic E-state index is -1.47. The second-order valence-corrected chi connectivity index (χ2v) is 9.98. The second-order valence-electron chi connectivity index (χ2n) is 7.77. The number of anilines is 1. The fourth-order valence-electron chi connectivity index (χ4n) is 2.76. The third kappa shape index (κ3) is 5.60. The Morgan fingerprint density at radius 3 is 2.47 bits per heavy atom. The molecular weight excluding hydrogens is 418 g/mol. The number of ether oxygens (including phenoxy) is 1. The van der Waals surface area contributed by atoms with E-state index in [9.17, 15) is 9.35 Å². The van der Waals surface area contributed by atoms with Crippen LogP contribution in [0.5, 0.6) is 5.75 Å². The van der Waals surface area contributed by atoms with Gasteiger partial charge in [-0.05, 0) is 57.2 Å². The first-order valence-electron chi connectivity index (χ1n) is 9.38. The van der Waals surface area contributed by atoms with Gasteiger partial charge in [-0.3, -0.25) is 4.79 Å². The van der Waals surface area contributed by atoms with E-state index in [-0.39, 0.29) is 11.4 Å². The van der Waals surface area contributed by atoms with Crippen molar-refractivity contribution >= 4 is 34.3 Å². The molecule has 2 N–H and O–H groups in total. The zero-order chi connectivity index (χ0) is 21.9. The molecule has 0 fully saturated rings. The van der Waals surface area contributed by atoms with Crippen LogP contribution in [0.4, 0.5) is 5.69 Å². The molecule has 2 aromatic carbocycles. The summed E-state index contributed by atoms with van der Waals surface area (Å²) in [6.07, 6.45) is 1.79. The van der Waals surface area contributed by atoms with Gasteiger partial charge in [0.1, 0.15) is 10.8 Å². The number of carbonyl (C=O) groups excluding carboxylic acids is 1. The summed E-state index contributed by atoms with van der Waals surface area (Å²) in [5.74, 6) is 0.609. The van der Waals surface area contributed by atoms with Crippen molar-refractivity contribution in [2.45, 2.75) is 38.1 Å². The molecule has 1 atom stereocenters. The van der Waals surface area contributed by atoms with Crippen LogP contribution in [0.2, 0.25) is 0 Å². The molecule has 0 aliphatic rings. The van der Waals surface area contributed by atoms with Gasteiger partial charge < -0.3 is 14.6 Å². The molecule has 30 heavy (non-hydrogen) atoms. The molecule has 0 saturated carbocycles. The van der Waals surface area contributed by atoms with Crippen LogP contribution in [0.15, 0.2) is 53.6 Å². The summed E-state index contributed by atoms with van der Waals surface area (Å²) in [6, 6.07) is 13.1. The number of amides is 1. The number of hydrogen-bond donors (Lipinski definition) is 2. The van der Waals surface area contributed by atoms with Crippen molar-refractivity contribution in [2.75, 3.05) is 12.4 Å². The largest absolute Gasteiger partial charge is 0.593 e. The molecule has 6 nitrogen and oxygen atoms in total. The molecule has 0 spiro atoms. The van der Waals surface area contributed by atoms with Gasteiger partial charge in [0.25, 0.3) is 0 Å². The van der Waals surface area contributed by atoms with Crippen LogP contribution in [-0.4, -0.2) is 28.1 Å². The van der Waals surface area contributed by atoms with Crippen molar-refractivity contribution in [1.29, 1.82) is 0 Å². The number of nitrogens with one attached hydrogen (secondary N) is 2. The van der Waals surface area contributed by atoms with Crippen molar-refractivity contribution in [1.82, 2.24) is 9.71 Å². The van der Waals surface area contributed by atoms with E-state index < -0.39 is 11.4 Å². The molecule has 1 aromatic heterocycles. The van der Waals surface area contributed by atoms with Crippen molar-refractivity contribution in [2.24, 2.45) is 0 Å². The molecule has 1 heterocycles. The zero-order valence-corrected chi connectivity index (χ0v) is 19.2. The Morgan fingerprint density at radius 1 is 1.17 bits per heavy atom. The molecule has 1 amide bonds. The SMILES string of the molecule is COc1ccc(-c2ncc(-c3ccc(NC(C)=O)cc3[S+]([O-])NC(C)(C)C)s2)cc1. The van der Waals surface area contributed by atoms with E-state index in [0.29, 0.717) is 10.6 Å². The number of nitrogens with zero attached hydrogens (tertiary/aromatic N) is 1. The standard InChI is InChI=1S/C22H25N3O3S2/c1-14(26)24-16-8-11-18(20(12-16)30(27)25-22(2,3)4)19-13-23-21(29-19)15-6-9-17(28-5)10-7-15/h6-13,25H,1-5H3,(H,24,26). The lowest BCUT2D eigenvalue weighted by Gasteiger charge is -2.23. The maximum Gasteiger partial charge on any atom is 0.221 e. The van der Waals surface area contributed by atoms with Gasteiger partial charge >= 0.3 is 0 Å². The third-order valence-corrected chi connectivity index (χ3v) is 6.62. The Morgan fingerprint density at radius 2 is 1.87 bits per heavy atom. The van der Waals surface area contributed by atoms with Crippen molar-refractivity contribution < 1.29 is 14.1 Å². The van der Waals surface area contributed by atoms with Crippen LogP contribution in [-0.2, 0) is 16.2 Å². The topological polar surface area (TPSA) is 86.3 Å². The molecule has 3 rings (SSSR count). The van der Waals surface area contributed by atoms with E-state index in [1.807, 2.05) is 51.1 Å². The fraction of sp³-hybridized carbons (Fsp3) is 0.273. The smallest absolute Gasteiger partial charge is 0.221 e. The third-order valence-electron chi connectivity index (χ3n) is 4.01. The van der Waals surface area contributed by atoms with Gasteiger partial charge in [-0.1, -0.05) is 0 Å². The molecule has 0 radical (unpaired) electrons. The summed E-state index contributed by atoms with van der Waals surface area (Å²) in [5, 5.41) is 3.62. The van der Waals surface area contributed by atoms with Gasteiger partial charge in [0.15, 0.2) is 4.90 Å². The first-order chi connectivity index (χ1) is 14.2. The highest BCUT2D eigenvalue weighted by atomic mass is 32.2. The van der Waals surface area contributed by atoms with Crippen molar-refractivity contribution in [3.8, 4) is 26.8 Å². The van der Waals surface area contributed by atoms with Gasteiger partial charge in [0.05, 0.1) is 34.5 Å². The number of carbonyl (C=O) groups is 1. The van der Waals surface area contributed by atoms with E-state index in [4.69, 9.17) is 4.74 Å². The minimum absolute atomic E-state index is 0.178. The Hall–Kier alpha value is -2.39. The summed E-state index contributed by atoms with van der Waals surface area (Å²) in [5.41, 5.74) is 2.06. The highest BCUT2D eigenvalue weighted by molar-refractivity contribution is 7.89. The van der Waals surface area contributed by atoms with Gasteiger partial charge in [-0.15, -0.1) is 16.1 Å². The highest BCUT2D eigenvalue weighted by Crippen LogP contribution is 2.37. The van der Waals surface area contributed by atoms with E-state index >= 15 is 0 Å². The number of methoxy groups -OCH3 is 1. The predicted octanol–water partition coefficient (Wildman–Crippen LogP) is 4.85. The Balaban J connectivity index is 1.99. The van der Waals surface area contributed by atoms with E-state index in [1.165, 1.54) is 18.3 Å². The maximum atomic E-state index is 13.1. The van der Waals surface area contributed by atoms with Crippen LogP contribution in [0.1, 0.15) is 27.7 Å². The number of thiazole rings is 1. The van der Waals surface area contributed by atoms with Gasteiger partial charge in [-0.2, -0.15) is 0 Å². The molecule has 0 bridgehead atoms. The number of benzene rings is 2. The molecule has 0 aliphatic heterocycles. The van der Waals surface area contributed by atoms with Gasteiger partial charge in [0, 0.05) is 30.4 Å². The van der Waals surface area contributed by atoms with Crippen LogP contribution in [0.3, 0.4) is 0 Å². The van der Waals surface area contributed by atoms with E-state index in [2.05, 4.69) is 15.0 Å². The summed E-state index contributed by atoms with van der Waals surface area (Å²) in [6.45, 7) is 7.31. The van der Waals surface area contributed by atoms with Crippen LogP contribution < -0.4 is 14.8 Å². The predicted molar refractivity (Wildman–Crippen MR) is 123 cm³/mol. The quantitative estimate of drug-likeness (QED) is 0.532. The van der Waals surface area contributed by atoms with E-state index in [0.717, 1.165) is 26.8 Å². The number of hydrogen-bond acceptors (Lipinski definition) is 6. The van der Waals surface area contributed by atoms with Gasteiger partial charge in [-0.25, -0.2) is 4.98 Å². The lowest BCUT2D eigenvalue weighted by atomic mass is 10.1. The molecule has 0 aliphatic carbocycles. The van der Waals surface area contributed by atoms with Crippen LogP contribution >= 0.6 is 11.3 Å². The summed E-state index contributed by atoms with van der Waals surface area (Å²) < 4.78 is 21.4. The fourth-order valence-corrected chi connectivity index (χ4v) is 5.06. The summed E-state index contributed by atoms with van der Waals surface area (Å²) in [4.78, 5) is 17.5. The average Bonchev–Trinajstić information content (AvgIpc) is 3.16. The second kappa shape index (κ2) is 9.18. The molecular formula is C22H25N3O3S2. The number of rotatable bonds is 6. The first kappa shape index (κ1) is 22.3. The molecule has 1 unspecified atom stereocenters. The Labute approximate surface area is 184 Å². The average molecular weight is 444 g/mol. The zero-order valence-electron chi connectivity index (χ0n) is 17.6. The molecule has 0 saturated heterocycles. The minimum Gasteiger partial charge on any atom is -0.593 e. The monoisotopic (exact) mass is 443 g/mol. The summed E-state index contributed by atoms with van der Waals surface area (Å²) >= 11 is 0.0518. The van der Waals surface area contributed by atoms with Crippen molar-refractivity contribution in [3.63, 3.8) is 0 Å². The molecule has 158 valence electrons. The van der Waals surface area contributed by atoms with Crippen LogP contribution in [0.25, 0.3) is 21.0 Å². The van der Waals surface area contributed by atoms with Gasteiger partial charge in [0.2, 0.25) is 5.91 Å². The normalized spacial score (nSPS) is 12.5. The maximum absolute atomic E-state index is 13.1. The summed E-state index contributed by atoms with van der Waals surface area (Å²) in [7, 11) is 1.63. The molecule has 3 aromatic rings. The Bertz CT molecular complexity index is 1030.